The van der Waals surface area contributed by atoms with Crippen LogP contribution in [-0.4, -0.2) is 77.6 Å². The molecule has 2 fully saturated rings. The number of amides is 1. The Balaban J connectivity index is 1.61. The number of aromatic nitrogens is 1. The maximum atomic E-state index is 13.1. The number of rotatable bonds is 9. The Labute approximate surface area is 199 Å². The molecule has 0 aliphatic carbocycles. The van der Waals surface area contributed by atoms with E-state index in [0.717, 1.165) is 19.6 Å². The van der Waals surface area contributed by atoms with Crippen LogP contribution < -0.4 is 4.74 Å². The SMILES string of the molecule is C=CCOc1ccc(C(O)=C2C(=O)C(=O)N(CCCN3CCOCC3)[C@H]2c2cccnc2)cc1. The molecule has 2 aliphatic heterocycles. The molecule has 2 aliphatic rings. The molecule has 1 atom stereocenters. The third-order valence-corrected chi connectivity index (χ3v) is 6.01. The second-order valence-electron chi connectivity index (χ2n) is 8.21. The topological polar surface area (TPSA) is 92.2 Å². The Morgan fingerprint density at radius 3 is 2.62 bits per heavy atom. The number of hydrogen-bond donors (Lipinski definition) is 1. The highest BCUT2D eigenvalue weighted by molar-refractivity contribution is 6.46. The lowest BCUT2D eigenvalue weighted by molar-refractivity contribution is -0.140. The molecule has 4 rings (SSSR count). The second kappa shape index (κ2) is 11.1. The minimum atomic E-state index is -0.699. The normalized spacial score (nSPS) is 20.5. The first-order valence-corrected chi connectivity index (χ1v) is 11.4. The van der Waals surface area contributed by atoms with Crippen LogP contribution in [0.2, 0.25) is 0 Å². The van der Waals surface area contributed by atoms with Crippen molar-refractivity contribution in [2.75, 3.05) is 46.0 Å². The van der Waals surface area contributed by atoms with Gasteiger partial charge in [0.05, 0.1) is 24.8 Å². The Morgan fingerprint density at radius 1 is 1.18 bits per heavy atom. The van der Waals surface area contributed by atoms with E-state index in [4.69, 9.17) is 9.47 Å². The van der Waals surface area contributed by atoms with E-state index in [1.807, 2.05) is 6.07 Å². The van der Waals surface area contributed by atoms with E-state index in [1.165, 1.54) is 0 Å². The van der Waals surface area contributed by atoms with Gasteiger partial charge in [-0.2, -0.15) is 0 Å². The number of benzene rings is 1. The van der Waals surface area contributed by atoms with Crippen molar-refractivity contribution in [1.29, 1.82) is 0 Å². The number of pyridine rings is 1. The minimum absolute atomic E-state index is 0.0733. The number of hydrogen-bond acceptors (Lipinski definition) is 7. The summed E-state index contributed by atoms with van der Waals surface area (Å²) < 4.78 is 10.9. The highest BCUT2D eigenvalue weighted by Crippen LogP contribution is 2.39. The summed E-state index contributed by atoms with van der Waals surface area (Å²) in [5, 5.41) is 11.1. The van der Waals surface area contributed by atoms with E-state index in [0.29, 0.717) is 49.7 Å². The van der Waals surface area contributed by atoms with Gasteiger partial charge in [0.25, 0.3) is 11.7 Å². The number of morpholine rings is 1. The molecule has 0 bridgehead atoms. The molecule has 0 spiro atoms. The third-order valence-electron chi connectivity index (χ3n) is 6.01. The Kier molecular flexibility index (Phi) is 7.72. The lowest BCUT2D eigenvalue weighted by Crippen LogP contribution is -2.39. The molecule has 3 heterocycles. The van der Waals surface area contributed by atoms with Crippen LogP contribution >= 0.6 is 0 Å². The maximum absolute atomic E-state index is 13.1. The predicted molar refractivity (Wildman–Crippen MR) is 127 cm³/mol. The molecule has 1 aromatic carbocycles. The molecule has 1 amide bonds. The quantitative estimate of drug-likeness (QED) is 0.265. The van der Waals surface area contributed by atoms with Crippen molar-refractivity contribution in [2.24, 2.45) is 0 Å². The van der Waals surface area contributed by atoms with E-state index in [2.05, 4.69) is 16.5 Å². The summed E-state index contributed by atoms with van der Waals surface area (Å²) >= 11 is 0. The number of nitrogens with zero attached hydrogens (tertiary/aromatic N) is 3. The third kappa shape index (κ3) is 5.18. The van der Waals surface area contributed by atoms with Crippen LogP contribution in [0.1, 0.15) is 23.6 Å². The van der Waals surface area contributed by atoms with Gasteiger partial charge in [0.2, 0.25) is 0 Å². The largest absolute Gasteiger partial charge is 0.507 e. The predicted octanol–water partition coefficient (Wildman–Crippen LogP) is 2.79. The number of aliphatic hydroxyl groups is 1. The van der Waals surface area contributed by atoms with E-state index in [-0.39, 0.29) is 11.3 Å². The highest BCUT2D eigenvalue weighted by atomic mass is 16.5. The second-order valence-corrected chi connectivity index (χ2v) is 8.21. The fourth-order valence-corrected chi connectivity index (χ4v) is 4.30. The molecule has 0 unspecified atom stereocenters. The van der Waals surface area contributed by atoms with Crippen LogP contribution in [0.4, 0.5) is 0 Å². The van der Waals surface area contributed by atoms with E-state index in [1.54, 1.807) is 53.7 Å². The zero-order valence-electron chi connectivity index (χ0n) is 19.1. The van der Waals surface area contributed by atoms with Crippen molar-refractivity contribution < 1.29 is 24.2 Å². The van der Waals surface area contributed by atoms with Crippen LogP contribution in [0.3, 0.4) is 0 Å². The summed E-state index contributed by atoms with van der Waals surface area (Å²) in [5.74, 6) is -0.894. The molecule has 1 aromatic heterocycles. The van der Waals surface area contributed by atoms with Crippen LogP contribution in [0.25, 0.3) is 5.76 Å². The smallest absolute Gasteiger partial charge is 0.295 e. The number of Topliss-reactive ketones (excluding diaryl/α,β-unsaturated/α-hetero) is 1. The lowest BCUT2D eigenvalue weighted by atomic mass is 9.96. The van der Waals surface area contributed by atoms with Gasteiger partial charge < -0.3 is 19.5 Å². The fourth-order valence-electron chi connectivity index (χ4n) is 4.30. The van der Waals surface area contributed by atoms with Gasteiger partial charge in [-0.3, -0.25) is 19.5 Å². The van der Waals surface area contributed by atoms with Crippen molar-refractivity contribution in [3.8, 4) is 5.75 Å². The Morgan fingerprint density at radius 2 is 1.94 bits per heavy atom. The van der Waals surface area contributed by atoms with Gasteiger partial charge in [0.1, 0.15) is 18.1 Å². The van der Waals surface area contributed by atoms with Crippen molar-refractivity contribution in [3.05, 3.63) is 78.1 Å². The zero-order valence-corrected chi connectivity index (χ0v) is 19.1. The van der Waals surface area contributed by atoms with Crippen LogP contribution in [-0.2, 0) is 14.3 Å². The summed E-state index contributed by atoms with van der Waals surface area (Å²) in [6.45, 7) is 8.31. The van der Waals surface area contributed by atoms with E-state index < -0.39 is 17.7 Å². The average molecular weight is 464 g/mol. The fraction of sp³-hybridized carbons (Fsp3) is 0.346. The summed E-state index contributed by atoms with van der Waals surface area (Å²) in [6.07, 6.45) is 5.61. The summed E-state index contributed by atoms with van der Waals surface area (Å²) in [4.78, 5) is 34.1. The average Bonchev–Trinajstić information content (AvgIpc) is 3.13. The number of ketones is 1. The van der Waals surface area contributed by atoms with Gasteiger partial charge in [-0.1, -0.05) is 18.7 Å². The molecule has 8 nitrogen and oxygen atoms in total. The van der Waals surface area contributed by atoms with Crippen LogP contribution in [0.5, 0.6) is 5.75 Å². The molecular weight excluding hydrogens is 434 g/mol. The minimum Gasteiger partial charge on any atom is -0.507 e. The summed E-state index contributed by atoms with van der Waals surface area (Å²) in [7, 11) is 0. The molecule has 0 radical (unpaired) electrons. The number of carbonyl (C=O) groups excluding carboxylic acids is 2. The van der Waals surface area contributed by atoms with Gasteiger partial charge in [-0.15, -0.1) is 0 Å². The molecule has 34 heavy (non-hydrogen) atoms. The molecule has 2 saturated heterocycles. The van der Waals surface area contributed by atoms with Crippen molar-refractivity contribution in [1.82, 2.24) is 14.8 Å². The van der Waals surface area contributed by atoms with E-state index in [9.17, 15) is 14.7 Å². The zero-order chi connectivity index (χ0) is 23.9. The molecule has 0 saturated carbocycles. The standard InChI is InChI=1S/C26H29N3O5/c1-2-15-34-21-8-6-19(7-9-21)24(30)22-23(20-5-3-10-27-18-20)29(26(32)25(22)31)12-4-11-28-13-16-33-17-14-28/h2-3,5-10,18,23,30H,1,4,11-17H2/t23-/m0/s1. The Hall–Kier alpha value is -3.49. The van der Waals surface area contributed by atoms with Crippen LogP contribution in [0.15, 0.2) is 67.0 Å². The van der Waals surface area contributed by atoms with Crippen LogP contribution in [0, 0.1) is 0 Å². The molecule has 178 valence electrons. The molecule has 1 N–H and O–H groups in total. The molecule has 8 heteroatoms. The lowest BCUT2D eigenvalue weighted by Gasteiger charge is -2.29. The molecule has 2 aromatic rings. The Bertz CT molecular complexity index is 1050. The van der Waals surface area contributed by atoms with Crippen molar-refractivity contribution in [2.45, 2.75) is 12.5 Å². The van der Waals surface area contributed by atoms with Gasteiger partial charge in [-0.05, 0) is 42.3 Å². The highest BCUT2D eigenvalue weighted by Gasteiger charge is 2.45. The summed E-state index contributed by atoms with van der Waals surface area (Å²) in [6, 6.07) is 9.62. The van der Waals surface area contributed by atoms with Gasteiger partial charge >= 0.3 is 0 Å². The first-order chi connectivity index (χ1) is 16.6. The monoisotopic (exact) mass is 463 g/mol. The van der Waals surface area contributed by atoms with Gasteiger partial charge in [-0.25, -0.2) is 0 Å². The number of aliphatic hydroxyl groups excluding tert-OH is 1. The number of carbonyl (C=O) groups is 2. The van der Waals surface area contributed by atoms with Crippen molar-refractivity contribution in [3.63, 3.8) is 0 Å². The maximum Gasteiger partial charge on any atom is 0.295 e. The van der Waals surface area contributed by atoms with E-state index >= 15 is 0 Å². The first kappa shape index (κ1) is 23.7. The number of likely N-dealkylation sites (tertiary alicyclic amines) is 1. The van der Waals surface area contributed by atoms with Crippen molar-refractivity contribution >= 4 is 17.4 Å². The van der Waals surface area contributed by atoms with Gasteiger partial charge in [0.15, 0.2) is 0 Å². The first-order valence-electron chi connectivity index (χ1n) is 11.4. The number of ether oxygens (including phenoxy) is 2. The summed E-state index contributed by atoms with van der Waals surface area (Å²) in [5.41, 5.74) is 1.19. The van der Waals surface area contributed by atoms with Gasteiger partial charge in [0, 0.05) is 44.1 Å². The molecular formula is C26H29N3O5.